The van der Waals surface area contributed by atoms with E-state index in [1.54, 1.807) is 24.3 Å². The number of amides is 1. The van der Waals surface area contributed by atoms with Crippen LogP contribution in [0.15, 0.2) is 47.5 Å². The molecule has 27 heavy (non-hydrogen) atoms. The van der Waals surface area contributed by atoms with Crippen molar-refractivity contribution in [2.24, 2.45) is 0 Å². The molecule has 1 amide bonds. The fourth-order valence-electron chi connectivity index (χ4n) is 2.26. The molecule has 1 unspecified atom stereocenters. The number of ether oxygens (including phenoxy) is 1. The molecule has 0 bridgehead atoms. The predicted octanol–water partition coefficient (Wildman–Crippen LogP) is 2.44. The lowest BCUT2D eigenvalue weighted by molar-refractivity contribution is -0.117. The number of thioether (sulfide) groups is 1. The van der Waals surface area contributed by atoms with Gasteiger partial charge in [-0.05, 0) is 43.6 Å². The minimum absolute atomic E-state index is 0.126. The van der Waals surface area contributed by atoms with Crippen LogP contribution in [-0.2, 0) is 14.8 Å². The Morgan fingerprint density at radius 3 is 2.48 bits per heavy atom. The van der Waals surface area contributed by atoms with Gasteiger partial charge in [-0.2, -0.15) is 16.5 Å². The number of aryl methyl sites for hydroxylation is 1. The van der Waals surface area contributed by atoms with Crippen molar-refractivity contribution in [3.63, 3.8) is 0 Å². The van der Waals surface area contributed by atoms with Crippen LogP contribution in [0.3, 0.4) is 0 Å². The number of hydrogen-bond donors (Lipinski definition) is 2. The Hall–Kier alpha value is -2.10. The van der Waals surface area contributed by atoms with Crippen molar-refractivity contribution in [2.45, 2.75) is 24.3 Å². The number of nitrogens with one attached hydrogen (secondary N) is 2. The molecular formula is C18H23N3O4S2. The number of methoxy groups -OCH3 is 1. The summed E-state index contributed by atoms with van der Waals surface area (Å²) < 4.78 is 32.7. The third-order valence-corrected chi connectivity index (χ3v) is 5.90. The second kappa shape index (κ2) is 9.72. The first-order valence-electron chi connectivity index (χ1n) is 8.24. The summed E-state index contributed by atoms with van der Waals surface area (Å²) in [5.41, 5.74) is 1.42. The van der Waals surface area contributed by atoms with Gasteiger partial charge in [0.15, 0.2) is 0 Å². The first kappa shape index (κ1) is 21.2. The molecule has 2 N–H and O–H groups in total. The number of carbonyl (C=O) groups excluding carboxylic acids is 1. The number of pyridine rings is 1. The fourth-order valence-corrected chi connectivity index (χ4v) is 3.96. The number of anilines is 1. The van der Waals surface area contributed by atoms with Crippen LogP contribution >= 0.6 is 11.8 Å². The van der Waals surface area contributed by atoms with Crippen LogP contribution in [0, 0.1) is 6.92 Å². The largest absolute Gasteiger partial charge is 0.481 e. The van der Waals surface area contributed by atoms with Crippen molar-refractivity contribution in [1.82, 2.24) is 9.71 Å². The van der Waals surface area contributed by atoms with E-state index in [1.165, 1.54) is 37.2 Å². The number of benzene rings is 1. The molecule has 1 aromatic heterocycles. The Morgan fingerprint density at radius 2 is 1.93 bits per heavy atom. The predicted molar refractivity (Wildman–Crippen MR) is 108 cm³/mol. The summed E-state index contributed by atoms with van der Waals surface area (Å²) in [6.45, 7) is 1.88. The van der Waals surface area contributed by atoms with Crippen LogP contribution in [0.4, 0.5) is 5.69 Å². The molecule has 9 heteroatoms. The normalized spacial score (nSPS) is 12.4. The van der Waals surface area contributed by atoms with E-state index in [4.69, 9.17) is 4.74 Å². The standard InChI is InChI=1S/C18H23N3O4S2/c1-13-4-7-15(8-5-13)27(23,24)21-16(10-11-26-3)18(22)20-14-6-9-17(25-2)19-12-14/h4-9,12,16,21H,10-11H2,1-3H3,(H,20,22). The summed E-state index contributed by atoms with van der Waals surface area (Å²) in [7, 11) is -2.31. The number of sulfonamides is 1. The van der Waals surface area contributed by atoms with E-state index in [-0.39, 0.29) is 4.90 Å². The average Bonchev–Trinajstić information content (AvgIpc) is 2.66. The molecule has 2 aromatic rings. The zero-order chi connectivity index (χ0) is 19.9. The lowest BCUT2D eigenvalue weighted by Crippen LogP contribution is -2.44. The highest BCUT2D eigenvalue weighted by Crippen LogP contribution is 2.15. The lowest BCUT2D eigenvalue weighted by atomic mass is 10.2. The zero-order valence-corrected chi connectivity index (χ0v) is 17.1. The number of aromatic nitrogens is 1. The number of rotatable bonds is 9. The Bertz CT molecular complexity index is 853. The number of carbonyl (C=O) groups is 1. The van der Waals surface area contributed by atoms with Gasteiger partial charge in [-0.15, -0.1) is 0 Å². The maximum Gasteiger partial charge on any atom is 0.242 e. The van der Waals surface area contributed by atoms with Crippen LogP contribution in [0.2, 0.25) is 0 Å². The highest BCUT2D eigenvalue weighted by Gasteiger charge is 2.25. The second-order valence-corrected chi connectivity index (χ2v) is 8.55. The molecule has 1 aromatic carbocycles. The summed E-state index contributed by atoms with van der Waals surface area (Å²) in [5, 5.41) is 2.69. The van der Waals surface area contributed by atoms with Crippen LogP contribution in [-0.4, -0.2) is 44.5 Å². The molecule has 1 atom stereocenters. The molecule has 0 radical (unpaired) electrons. The molecule has 0 aliphatic rings. The smallest absolute Gasteiger partial charge is 0.242 e. The maximum atomic E-state index is 12.6. The Labute approximate surface area is 164 Å². The monoisotopic (exact) mass is 409 g/mol. The average molecular weight is 410 g/mol. The zero-order valence-electron chi connectivity index (χ0n) is 15.4. The quantitative estimate of drug-likeness (QED) is 0.660. The van der Waals surface area contributed by atoms with Gasteiger partial charge >= 0.3 is 0 Å². The maximum absolute atomic E-state index is 12.6. The van der Waals surface area contributed by atoms with Crippen molar-refractivity contribution in [3.05, 3.63) is 48.2 Å². The molecule has 0 saturated heterocycles. The third-order valence-electron chi connectivity index (χ3n) is 3.77. The van der Waals surface area contributed by atoms with E-state index in [2.05, 4.69) is 15.0 Å². The lowest BCUT2D eigenvalue weighted by Gasteiger charge is -2.18. The SMILES string of the molecule is COc1ccc(NC(=O)C(CCSC)NS(=O)(=O)c2ccc(C)cc2)cn1. The molecule has 146 valence electrons. The molecule has 2 rings (SSSR count). The second-order valence-electron chi connectivity index (χ2n) is 5.85. The summed E-state index contributed by atoms with van der Waals surface area (Å²) in [6, 6.07) is 8.84. The van der Waals surface area contributed by atoms with Crippen LogP contribution in [0.1, 0.15) is 12.0 Å². The first-order chi connectivity index (χ1) is 12.9. The van der Waals surface area contributed by atoms with Gasteiger partial charge in [0, 0.05) is 6.07 Å². The number of nitrogens with zero attached hydrogens (tertiary/aromatic N) is 1. The molecule has 0 spiro atoms. The summed E-state index contributed by atoms with van der Waals surface area (Å²) in [5.74, 6) is 0.619. The molecular weight excluding hydrogens is 386 g/mol. The van der Waals surface area contributed by atoms with E-state index in [9.17, 15) is 13.2 Å². The topological polar surface area (TPSA) is 97.4 Å². The van der Waals surface area contributed by atoms with Crippen molar-refractivity contribution in [1.29, 1.82) is 0 Å². The highest BCUT2D eigenvalue weighted by molar-refractivity contribution is 7.98. The first-order valence-corrected chi connectivity index (χ1v) is 11.1. The van der Waals surface area contributed by atoms with Gasteiger partial charge in [0.25, 0.3) is 0 Å². The van der Waals surface area contributed by atoms with Gasteiger partial charge in [-0.25, -0.2) is 13.4 Å². The van der Waals surface area contributed by atoms with Crippen LogP contribution in [0.5, 0.6) is 5.88 Å². The molecule has 0 aliphatic carbocycles. The van der Waals surface area contributed by atoms with Crippen molar-refractivity contribution in [2.75, 3.05) is 24.4 Å². The molecule has 0 aliphatic heterocycles. The fraction of sp³-hybridized carbons (Fsp3) is 0.333. The van der Waals surface area contributed by atoms with Crippen LogP contribution < -0.4 is 14.8 Å². The van der Waals surface area contributed by atoms with E-state index in [0.717, 1.165) is 5.56 Å². The van der Waals surface area contributed by atoms with E-state index in [0.29, 0.717) is 23.7 Å². The van der Waals surface area contributed by atoms with E-state index < -0.39 is 22.0 Å². The van der Waals surface area contributed by atoms with Crippen molar-refractivity contribution < 1.29 is 17.9 Å². The van der Waals surface area contributed by atoms with Crippen molar-refractivity contribution in [3.8, 4) is 5.88 Å². The molecule has 7 nitrogen and oxygen atoms in total. The summed E-state index contributed by atoms with van der Waals surface area (Å²) >= 11 is 1.54. The minimum atomic E-state index is -3.81. The molecule has 0 fully saturated rings. The minimum Gasteiger partial charge on any atom is -0.481 e. The third kappa shape index (κ3) is 6.23. The summed E-state index contributed by atoms with van der Waals surface area (Å²) in [6.07, 6.45) is 3.72. The Morgan fingerprint density at radius 1 is 1.22 bits per heavy atom. The number of hydrogen-bond acceptors (Lipinski definition) is 6. The van der Waals surface area contributed by atoms with E-state index in [1.807, 2.05) is 13.2 Å². The van der Waals surface area contributed by atoms with Gasteiger partial charge in [-0.1, -0.05) is 17.7 Å². The van der Waals surface area contributed by atoms with Crippen LogP contribution in [0.25, 0.3) is 0 Å². The summed E-state index contributed by atoms with van der Waals surface area (Å²) in [4.78, 5) is 16.8. The Balaban J connectivity index is 2.14. The molecule has 0 saturated carbocycles. The van der Waals surface area contributed by atoms with Gasteiger partial charge in [-0.3, -0.25) is 4.79 Å². The van der Waals surface area contributed by atoms with Gasteiger partial charge in [0.05, 0.1) is 23.9 Å². The van der Waals surface area contributed by atoms with Gasteiger partial charge in [0.2, 0.25) is 21.8 Å². The highest BCUT2D eigenvalue weighted by atomic mass is 32.2. The molecule has 1 heterocycles. The Kier molecular flexibility index (Phi) is 7.64. The van der Waals surface area contributed by atoms with Gasteiger partial charge in [0.1, 0.15) is 6.04 Å². The van der Waals surface area contributed by atoms with Crippen molar-refractivity contribution >= 4 is 33.4 Å². The van der Waals surface area contributed by atoms with E-state index >= 15 is 0 Å². The van der Waals surface area contributed by atoms with Gasteiger partial charge < -0.3 is 10.1 Å².